The number of rotatable bonds is 7. The zero-order valence-electron chi connectivity index (χ0n) is 15.9. The Balaban J connectivity index is 1.59. The molecule has 0 spiro atoms. The number of para-hydroxylation sites is 1. The highest BCUT2D eigenvalue weighted by Gasteiger charge is 2.36. The zero-order chi connectivity index (χ0) is 19.5. The summed E-state index contributed by atoms with van der Waals surface area (Å²) in [5.41, 5.74) is 6.21. The van der Waals surface area contributed by atoms with Crippen molar-refractivity contribution in [3.63, 3.8) is 0 Å². The average molecular weight is 383 g/mol. The summed E-state index contributed by atoms with van der Waals surface area (Å²) in [6, 6.07) is 9.77. The van der Waals surface area contributed by atoms with Gasteiger partial charge in [0, 0.05) is 24.8 Å². The van der Waals surface area contributed by atoms with E-state index in [1.165, 1.54) is 12.8 Å². The molecule has 1 saturated heterocycles. The van der Waals surface area contributed by atoms with Gasteiger partial charge in [-0.2, -0.15) is 0 Å². The van der Waals surface area contributed by atoms with Crippen molar-refractivity contribution in [2.24, 2.45) is 5.92 Å². The van der Waals surface area contributed by atoms with E-state index >= 15 is 0 Å². The summed E-state index contributed by atoms with van der Waals surface area (Å²) in [7, 11) is 0. The van der Waals surface area contributed by atoms with E-state index in [2.05, 4.69) is 10.9 Å². The normalized spacial score (nSPS) is 21.5. The van der Waals surface area contributed by atoms with Crippen LogP contribution in [-0.4, -0.2) is 29.2 Å². The Labute approximate surface area is 163 Å². The van der Waals surface area contributed by atoms with Gasteiger partial charge in [0.1, 0.15) is 11.3 Å². The fourth-order valence-electron chi connectivity index (χ4n) is 3.58. The molecule has 0 bridgehead atoms. The molecule has 2 N–H and O–H groups in total. The maximum absolute atomic E-state index is 12.8. The van der Waals surface area contributed by atoms with Gasteiger partial charge in [-0.1, -0.05) is 18.2 Å². The second-order valence-electron chi connectivity index (χ2n) is 7.36. The van der Waals surface area contributed by atoms with Crippen LogP contribution in [0, 0.1) is 5.92 Å². The number of carbonyl (C=O) groups is 1. The van der Waals surface area contributed by atoms with Crippen molar-refractivity contribution < 1.29 is 14.3 Å². The molecule has 28 heavy (non-hydrogen) atoms. The first-order valence-corrected chi connectivity index (χ1v) is 9.79. The molecule has 2 heterocycles. The van der Waals surface area contributed by atoms with E-state index in [-0.39, 0.29) is 24.0 Å². The van der Waals surface area contributed by atoms with Crippen molar-refractivity contribution in [1.82, 2.24) is 15.4 Å². The highest BCUT2D eigenvalue weighted by Crippen LogP contribution is 2.35. The first kappa shape index (κ1) is 18.7. The Bertz CT molecular complexity index is 892. The number of esters is 1. The quantitative estimate of drug-likeness (QED) is 0.715. The van der Waals surface area contributed by atoms with Crippen LogP contribution in [0.1, 0.15) is 36.5 Å². The van der Waals surface area contributed by atoms with Gasteiger partial charge in [-0.15, -0.1) is 0 Å². The fourth-order valence-corrected chi connectivity index (χ4v) is 3.58. The first-order chi connectivity index (χ1) is 13.6. The van der Waals surface area contributed by atoms with Crippen LogP contribution in [0.5, 0.6) is 11.5 Å². The number of aromatic nitrogens is 1. The van der Waals surface area contributed by atoms with Crippen LogP contribution in [0.15, 0.2) is 47.5 Å². The largest absolute Gasteiger partial charge is 0.462 e. The molecule has 148 valence electrons. The highest BCUT2D eigenvalue weighted by atomic mass is 16.5. The number of nitrogens with zero attached hydrogens (tertiary/aromatic N) is 1. The fraction of sp³-hybridized carbons (Fsp3) is 0.429. The first-order valence-electron chi connectivity index (χ1n) is 9.79. The molecule has 2 aromatic rings. The molecule has 1 aromatic heterocycles. The Morgan fingerprint density at radius 3 is 2.68 bits per heavy atom. The van der Waals surface area contributed by atoms with Crippen LogP contribution in [0.25, 0.3) is 0 Å². The summed E-state index contributed by atoms with van der Waals surface area (Å²) in [5.74, 6) is 0.787. The molecule has 7 nitrogen and oxygen atoms in total. The van der Waals surface area contributed by atoms with E-state index < -0.39 is 11.4 Å². The van der Waals surface area contributed by atoms with Gasteiger partial charge in [0.15, 0.2) is 5.75 Å². The lowest BCUT2D eigenvalue weighted by atomic mass is 10.1. The number of nitrogens with one attached hydrogen (secondary N) is 2. The maximum atomic E-state index is 12.8. The molecule has 1 saturated carbocycles. The van der Waals surface area contributed by atoms with Gasteiger partial charge in [0.05, 0.1) is 12.8 Å². The predicted molar refractivity (Wildman–Crippen MR) is 104 cm³/mol. The van der Waals surface area contributed by atoms with Crippen LogP contribution < -0.4 is 21.0 Å². The predicted octanol–water partition coefficient (Wildman–Crippen LogP) is 2.46. The van der Waals surface area contributed by atoms with E-state index in [0.717, 1.165) is 12.3 Å². The third-order valence-electron chi connectivity index (χ3n) is 5.15. The molecule has 7 heteroatoms. The molecule has 1 aliphatic heterocycles. The smallest absolute Gasteiger partial charge is 0.343 e. The average Bonchev–Trinajstić information content (AvgIpc) is 3.44. The Morgan fingerprint density at radius 1 is 1.18 bits per heavy atom. The van der Waals surface area contributed by atoms with E-state index in [4.69, 9.17) is 9.47 Å². The molecule has 2 fully saturated rings. The van der Waals surface area contributed by atoms with Crippen LogP contribution >= 0.6 is 0 Å². The minimum Gasteiger partial charge on any atom is -0.462 e. The number of hydrogen-bond acceptors (Lipinski definition) is 6. The summed E-state index contributed by atoms with van der Waals surface area (Å²) >= 11 is 0. The Hall–Kier alpha value is -2.64. The Morgan fingerprint density at radius 2 is 1.96 bits per heavy atom. The molecule has 1 aliphatic carbocycles. The molecule has 2 unspecified atom stereocenters. The standard InChI is InChI=1S/C21H25N3O4/c1-2-27-21(26)17-12-24(11-15-10-18(23-22-15)14-8-9-14)13-19(20(17)25)28-16-6-4-3-5-7-16/h3-7,12-15,18,22-23H,2,8-11H2,1H3. The summed E-state index contributed by atoms with van der Waals surface area (Å²) < 4.78 is 12.7. The summed E-state index contributed by atoms with van der Waals surface area (Å²) in [6.45, 7) is 2.54. The van der Waals surface area contributed by atoms with Gasteiger partial charge in [-0.3, -0.25) is 15.6 Å². The topological polar surface area (TPSA) is 81.6 Å². The van der Waals surface area contributed by atoms with E-state index in [0.29, 0.717) is 18.3 Å². The molecule has 1 aromatic carbocycles. The monoisotopic (exact) mass is 383 g/mol. The van der Waals surface area contributed by atoms with E-state index in [9.17, 15) is 9.59 Å². The van der Waals surface area contributed by atoms with Crippen LogP contribution in [0.2, 0.25) is 0 Å². The second-order valence-corrected chi connectivity index (χ2v) is 7.36. The minimum absolute atomic E-state index is 0.0139. The SMILES string of the molecule is CCOC(=O)c1cn(CC2CC(C3CC3)NN2)cc(Oc2ccccc2)c1=O. The summed E-state index contributed by atoms with van der Waals surface area (Å²) in [6.07, 6.45) is 6.80. The second kappa shape index (κ2) is 8.16. The summed E-state index contributed by atoms with van der Waals surface area (Å²) in [4.78, 5) is 25.1. The third-order valence-corrected chi connectivity index (χ3v) is 5.15. The number of hydrogen-bond donors (Lipinski definition) is 2. The van der Waals surface area contributed by atoms with Gasteiger partial charge in [0.2, 0.25) is 5.43 Å². The van der Waals surface area contributed by atoms with Gasteiger partial charge < -0.3 is 14.0 Å². The van der Waals surface area contributed by atoms with Gasteiger partial charge in [-0.25, -0.2) is 4.79 Å². The minimum atomic E-state index is -0.631. The van der Waals surface area contributed by atoms with Gasteiger partial charge >= 0.3 is 5.97 Å². The van der Waals surface area contributed by atoms with Crippen molar-refractivity contribution in [1.29, 1.82) is 0 Å². The lowest BCUT2D eigenvalue weighted by Gasteiger charge is -2.16. The van der Waals surface area contributed by atoms with Crippen LogP contribution in [0.4, 0.5) is 0 Å². The lowest BCUT2D eigenvalue weighted by Crippen LogP contribution is -2.36. The summed E-state index contributed by atoms with van der Waals surface area (Å²) in [5, 5.41) is 0. The molecule has 0 radical (unpaired) electrons. The molecular formula is C21H25N3O4. The number of pyridine rings is 1. The molecular weight excluding hydrogens is 358 g/mol. The Kier molecular flexibility index (Phi) is 5.45. The van der Waals surface area contributed by atoms with Crippen molar-refractivity contribution in [2.45, 2.75) is 44.8 Å². The lowest BCUT2D eigenvalue weighted by molar-refractivity contribution is 0.0523. The van der Waals surface area contributed by atoms with Crippen molar-refractivity contribution in [3.05, 3.63) is 58.5 Å². The van der Waals surface area contributed by atoms with Gasteiger partial charge in [0.25, 0.3) is 0 Å². The van der Waals surface area contributed by atoms with E-state index in [1.54, 1.807) is 31.5 Å². The highest BCUT2D eigenvalue weighted by molar-refractivity contribution is 5.89. The third kappa shape index (κ3) is 4.26. The van der Waals surface area contributed by atoms with Gasteiger partial charge in [-0.05, 0) is 44.2 Å². The number of hydrazine groups is 1. The van der Waals surface area contributed by atoms with Crippen molar-refractivity contribution in [3.8, 4) is 11.5 Å². The van der Waals surface area contributed by atoms with Crippen molar-refractivity contribution >= 4 is 5.97 Å². The zero-order valence-corrected chi connectivity index (χ0v) is 15.9. The number of benzene rings is 1. The van der Waals surface area contributed by atoms with Crippen LogP contribution in [-0.2, 0) is 11.3 Å². The molecule has 4 rings (SSSR count). The molecule has 2 aliphatic rings. The number of carbonyl (C=O) groups excluding carboxylic acids is 1. The molecule has 0 amide bonds. The molecule has 2 atom stereocenters. The number of ether oxygens (including phenoxy) is 2. The van der Waals surface area contributed by atoms with Crippen LogP contribution in [0.3, 0.4) is 0 Å². The van der Waals surface area contributed by atoms with Crippen molar-refractivity contribution in [2.75, 3.05) is 6.61 Å². The maximum Gasteiger partial charge on any atom is 0.343 e. The van der Waals surface area contributed by atoms with E-state index in [1.807, 2.05) is 22.8 Å².